The van der Waals surface area contributed by atoms with Gasteiger partial charge in [-0.15, -0.1) is 0 Å². The summed E-state index contributed by atoms with van der Waals surface area (Å²) in [7, 11) is 0. The van der Waals surface area contributed by atoms with Gasteiger partial charge in [-0.1, -0.05) is 12.1 Å². The van der Waals surface area contributed by atoms with Crippen LogP contribution in [-0.4, -0.2) is 43.5 Å². The maximum atomic E-state index is 13.4. The number of carbonyl (C=O) groups excluding carboxylic acids is 1. The lowest BCUT2D eigenvalue weighted by molar-refractivity contribution is -0.123. The van der Waals surface area contributed by atoms with Gasteiger partial charge in [0.25, 0.3) is 0 Å². The maximum Gasteiger partial charge on any atom is 0.234 e. The first-order valence-electron chi connectivity index (χ1n) is 7.69. The van der Waals surface area contributed by atoms with E-state index in [1.807, 2.05) is 6.07 Å². The Morgan fingerprint density at radius 3 is 3.05 bits per heavy atom. The quantitative estimate of drug-likeness (QED) is 0.859. The van der Waals surface area contributed by atoms with Gasteiger partial charge in [-0.3, -0.25) is 9.69 Å². The van der Waals surface area contributed by atoms with Crippen molar-refractivity contribution in [3.05, 3.63) is 35.6 Å². The number of piperazine rings is 1. The fraction of sp³-hybridized carbons (Fsp3) is 0.562. The van der Waals surface area contributed by atoms with Gasteiger partial charge in [0.15, 0.2) is 0 Å². The fourth-order valence-corrected chi connectivity index (χ4v) is 2.80. The molecule has 114 valence electrons. The smallest absolute Gasteiger partial charge is 0.234 e. The topological polar surface area (TPSA) is 44.4 Å². The van der Waals surface area contributed by atoms with Crippen molar-refractivity contribution < 1.29 is 9.18 Å². The van der Waals surface area contributed by atoms with Gasteiger partial charge < -0.3 is 10.6 Å². The van der Waals surface area contributed by atoms with E-state index in [1.165, 1.54) is 18.9 Å². The summed E-state index contributed by atoms with van der Waals surface area (Å²) >= 11 is 0. The van der Waals surface area contributed by atoms with Gasteiger partial charge in [0.1, 0.15) is 5.82 Å². The Morgan fingerprint density at radius 1 is 1.43 bits per heavy atom. The van der Waals surface area contributed by atoms with Gasteiger partial charge in [-0.2, -0.15) is 0 Å². The van der Waals surface area contributed by atoms with E-state index in [4.69, 9.17) is 0 Å². The van der Waals surface area contributed by atoms with Crippen molar-refractivity contribution in [2.75, 3.05) is 32.7 Å². The van der Waals surface area contributed by atoms with Gasteiger partial charge in [-0.05, 0) is 36.5 Å². The summed E-state index contributed by atoms with van der Waals surface area (Å²) in [4.78, 5) is 14.2. The molecule has 1 saturated heterocycles. The monoisotopic (exact) mass is 291 g/mol. The number of nitrogens with one attached hydrogen (secondary N) is 2. The molecule has 5 heteroatoms. The van der Waals surface area contributed by atoms with Crippen molar-refractivity contribution in [1.29, 1.82) is 0 Å². The number of nitrogens with zero attached hydrogens (tertiary/aromatic N) is 1. The predicted octanol–water partition coefficient (Wildman–Crippen LogP) is 1.30. The van der Waals surface area contributed by atoms with Gasteiger partial charge in [0.05, 0.1) is 6.54 Å². The highest BCUT2D eigenvalue weighted by Gasteiger charge is 2.27. The van der Waals surface area contributed by atoms with Crippen molar-refractivity contribution in [2.45, 2.75) is 18.9 Å². The van der Waals surface area contributed by atoms with Crippen LogP contribution in [0.4, 0.5) is 4.39 Å². The van der Waals surface area contributed by atoms with E-state index in [0.717, 1.165) is 31.7 Å². The van der Waals surface area contributed by atoms with E-state index in [1.54, 1.807) is 12.1 Å². The second kappa shape index (κ2) is 6.54. The molecule has 2 aliphatic rings. The summed E-state index contributed by atoms with van der Waals surface area (Å²) in [6.45, 7) is 3.60. The molecule has 4 nitrogen and oxygen atoms in total. The second-order valence-corrected chi connectivity index (χ2v) is 5.99. The van der Waals surface area contributed by atoms with Gasteiger partial charge >= 0.3 is 0 Å². The third kappa shape index (κ3) is 4.02. The molecule has 0 radical (unpaired) electrons. The van der Waals surface area contributed by atoms with E-state index in [0.29, 0.717) is 12.5 Å². The lowest BCUT2D eigenvalue weighted by atomic mass is 10.0. The molecular formula is C16H22FN3O. The third-order valence-corrected chi connectivity index (χ3v) is 4.22. The minimum atomic E-state index is -0.226. The molecule has 0 bridgehead atoms. The van der Waals surface area contributed by atoms with Crippen LogP contribution in [0.1, 0.15) is 24.4 Å². The minimum absolute atomic E-state index is 0.0566. The molecule has 2 fully saturated rings. The Labute approximate surface area is 124 Å². The molecule has 0 spiro atoms. The Bertz CT molecular complexity index is 504. The zero-order valence-electron chi connectivity index (χ0n) is 12.1. The molecule has 1 amide bonds. The first kappa shape index (κ1) is 14.5. The summed E-state index contributed by atoms with van der Waals surface area (Å²) in [5, 5.41) is 6.32. The molecule has 0 aromatic heterocycles. The van der Waals surface area contributed by atoms with Crippen LogP contribution in [-0.2, 0) is 4.79 Å². The Morgan fingerprint density at radius 2 is 2.29 bits per heavy atom. The van der Waals surface area contributed by atoms with Crippen molar-refractivity contribution in [3.63, 3.8) is 0 Å². The highest BCUT2D eigenvalue weighted by molar-refractivity contribution is 5.78. The predicted molar refractivity (Wildman–Crippen MR) is 79.3 cm³/mol. The molecule has 2 N–H and O–H groups in total. The maximum absolute atomic E-state index is 13.4. The van der Waals surface area contributed by atoms with Crippen LogP contribution in [0.25, 0.3) is 0 Å². The normalized spacial score (nSPS) is 23.0. The van der Waals surface area contributed by atoms with Crippen LogP contribution in [0.15, 0.2) is 24.3 Å². The summed E-state index contributed by atoms with van der Waals surface area (Å²) < 4.78 is 13.4. The first-order valence-corrected chi connectivity index (χ1v) is 7.69. The van der Waals surface area contributed by atoms with Gasteiger partial charge in [0, 0.05) is 32.2 Å². The Balaban J connectivity index is 1.61. The Kier molecular flexibility index (Phi) is 4.51. The van der Waals surface area contributed by atoms with E-state index in [-0.39, 0.29) is 17.8 Å². The third-order valence-electron chi connectivity index (χ3n) is 4.22. The van der Waals surface area contributed by atoms with Crippen LogP contribution in [0, 0.1) is 11.7 Å². The van der Waals surface area contributed by atoms with Crippen LogP contribution < -0.4 is 10.6 Å². The largest absolute Gasteiger partial charge is 0.355 e. The van der Waals surface area contributed by atoms with Crippen LogP contribution in [0.5, 0.6) is 0 Å². The molecule has 1 aromatic carbocycles. The van der Waals surface area contributed by atoms with Crippen molar-refractivity contribution in [1.82, 2.24) is 15.5 Å². The molecule has 1 aliphatic carbocycles. The summed E-state index contributed by atoms with van der Waals surface area (Å²) in [5.74, 6) is 0.539. The molecule has 1 aromatic rings. The lowest BCUT2D eigenvalue weighted by Gasteiger charge is -2.36. The summed E-state index contributed by atoms with van der Waals surface area (Å²) in [6.07, 6.45) is 2.47. The van der Waals surface area contributed by atoms with E-state index in [2.05, 4.69) is 15.5 Å². The number of rotatable bonds is 5. The number of carbonyl (C=O) groups is 1. The van der Waals surface area contributed by atoms with Crippen LogP contribution in [0.3, 0.4) is 0 Å². The zero-order chi connectivity index (χ0) is 14.7. The average Bonchev–Trinajstić information content (AvgIpc) is 3.30. The molecule has 21 heavy (non-hydrogen) atoms. The first-order chi connectivity index (χ1) is 10.2. The number of benzene rings is 1. The molecule has 1 atom stereocenters. The fourth-order valence-electron chi connectivity index (χ4n) is 2.80. The van der Waals surface area contributed by atoms with Crippen molar-refractivity contribution in [3.8, 4) is 0 Å². The summed E-state index contributed by atoms with van der Waals surface area (Å²) in [5.41, 5.74) is 0.928. The molecule has 1 aliphatic heterocycles. The van der Waals surface area contributed by atoms with Crippen molar-refractivity contribution >= 4 is 5.91 Å². The molecule has 3 rings (SSSR count). The van der Waals surface area contributed by atoms with Crippen LogP contribution >= 0.6 is 0 Å². The molecule has 1 unspecified atom stereocenters. The van der Waals surface area contributed by atoms with Crippen LogP contribution in [0.2, 0.25) is 0 Å². The minimum Gasteiger partial charge on any atom is -0.355 e. The molecular weight excluding hydrogens is 269 g/mol. The van der Waals surface area contributed by atoms with Gasteiger partial charge in [0.2, 0.25) is 5.91 Å². The lowest BCUT2D eigenvalue weighted by Crippen LogP contribution is -2.49. The van der Waals surface area contributed by atoms with Crippen molar-refractivity contribution in [2.24, 2.45) is 5.92 Å². The number of halogens is 1. The van der Waals surface area contributed by atoms with E-state index in [9.17, 15) is 9.18 Å². The standard InChI is InChI=1S/C16H22FN3O/c17-14-3-1-2-13(8-14)15-10-18-6-7-20(15)11-16(21)19-9-12-4-5-12/h1-3,8,12,15,18H,4-7,9-11H2,(H,19,21). The van der Waals surface area contributed by atoms with Gasteiger partial charge in [-0.25, -0.2) is 4.39 Å². The molecule has 1 heterocycles. The second-order valence-electron chi connectivity index (χ2n) is 5.99. The van der Waals surface area contributed by atoms with E-state index < -0.39 is 0 Å². The highest BCUT2D eigenvalue weighted by Crippen LogP contribution is 2.27. The molecule has 1 saturated carbocycles. The number of hydrogen-bond donors (Lipinski definition) is 2. The average molecular weight is 291 g/mol. The number of amides is 1. The Hall–Kier alpha value is -1.46. The highest BCUT2D eigenvalue weighted by atomic mass is 19.1. The summed E-state index contributed by atoms with van der Waals surface area (Å²) in [6, 6.07) is 6.72. The van der Waals surface area contributed by atoms with E-state index >= 15 is 0 Å². The number of hydrogen-bond acceptors (Lipinski definition) is 3. The SMILES string of the molecule is O=C(CN1CCNCC1c1cccc(F)c1)NCC1CC1. The zero-order valence-corrected chi connectivity index (χ0v) is 12.1.